The van der Waals surface area contributed by atoms with Crippen LogP contribution in [0.1, 0.15) is 115 Å². The fourth-order valence-corrected chi connectivity index (χ4v) is 10.9. The molecule has 9 heteroatoms. The summed E-state index contributed by atoms with van der Waals surface area (Å²) in [7, 11) is 0. The molecule has 0 bridgehead atoms. The van der Waals surface area contributed by atoms with Crippen molar-refractivity contribution in [2.75, 3.05) is 19.8 Å². The first-order chi connectivity index (χ1) is 27.3. The number of hydrogen-bond donors (Lipinski definition) is 6. The number of carbonyl (C=O) groups excluding carboxylic acids is 2. The van der Waals surface area contributed by atoms with Gasteiger partial charge in [0.1, 0.15) is 12.8 Å². The highest BCUT2D eigenvalue weighted by Crippen LogP contribution is 2.66. The summed E-state index contributed by atoms with van der Waals surface area (Å²) in [6.45, 7) is 13.5. The summed E-state index contributed by atoms with van der Waals surface area (Å²) in [5.74, 6) is 5.79. The Bertz CT molecular complexity index is 1880. The Labute approximate surface area is 340 Å². The largest absolute Gasteiger partial charge is 0.396 e. The van der Waals surface area contributed by atoms with Crippen LogP contribution in [0.5, 0.6) is 0 Å². The van der Waals surface area contributed by atoms with Crippen LogP contribution >= 0.6 is 0 Å². The molecule has 3 fully saturated rings. The third kappa shape index (κ3) is 8.88. The average molecular weight is 780 g/mol. The molecule has 3 aliphatic carbocycles. The number of aliphatic hydroxyl groups is 3. The zero-order valence-electron chi connectivity index (χ0n) is 34.5. The monoisotopic (exact) mass is 779 g/mol. The van der Waals surface area contributed by atoms with Gasteiger partial charge in [-0.1, -0.05) is 85.4 Å². The number of Topliss-reactive ketones (excluding diaryl/α,β-unsaturated/α-hetero) is 1. The Morgan fingerprint density at radius 3 is 2.81 bits per heavy atom. The van der Waals surface area contributed by atoms with E-state index < -0.39 is 23.3 Å². The Kier molecular flexibility index (Phi) is 14.0. The van der Waals surface area contributed by atoms with Crippen molar-refractivity contribution >= 4 is 11.7 Å². The highest BCUT2D eigenvalue weighted by Gasteiger charge is 2.67. The van der Waals surface area contributed by atoms with Crippen LogP contribution in [-0.4, -0.2) is 70.6 Å². The van der Waals surface area contributed by atoms with Gasteiger partial charge < -0.3 is 36.4 Å². The van der Waals surface area contributed by atoms with Gasteiger partial charge in [-0.3, -0.25) is 9.59 Å². The van der Waals surface area contributed by atoms with E-state index in [2.05, 4.69) is 67.2 Å². The number of ether oxygens (including phenoxy) is 1. The quantitative estimate of drug-likeness (QED) is 0.107. The minimum Gasteiger partial charge on any atom is -0.396 e. The molecule has 57 heavy (non-hydrogen) atoms. The fourth-order valence-electron chi connectivity index (χ4n) is 10.9. The highest BCUT2D eigenvalue weighted by atomic mass is 16.5. The molecule has 1 aromatic carbocycles. The van der Waals surface area contributed by atoms with Crippen molar-refractivity contribution in [2.24, 2.45) is 28.9 Å². The molecule has 2 aliphatic heterocycles. The molecular weight excluding hydrogens is 715 g/mol. The van der Waals surface area contributed by atoms with Crippen LogP contribution in [0.4, 0.5) is 0 Å². The number of carbonyl (C=O) groups is 2. The van der Waals surface area contributed by atoms with E-state index in [1.165, 1.54) is 5.57 Å². The minimum absolute atomic E-state index is 0.0316. The number of nitrogens with two attached hydrogens (primary N) is 1. The fraction of sp³-hybridized carbons (Fsp3) is 0.583. The third-order valence-electron chi connectivity index (χ3n) is 13.9. The van der Waals surface area contributed by atoms with Crippen LogP contribution < -0.4 is 16.4 Å². The summed E-state index contributed by atoms with van der Waals surface area (Å²) in [4.78, 5) is 26.8. The van der Waals surface area contributed by atoms with Crippen LogP contribution in [0, 0.1) is 35.0 Å². The van der Waals surface area contributed by atoms with Crippen molar-refractivity contribution in [2.45, 2.75) is 135 Å². The molecule has 1 aromatic rings. The maximum atomic E-state index is 14.3. The predicted octanol–water partition coefficient (Wildman–Crippen LogP) is 5.99. The SMILES string of the molecule is C=C1C=CC=C2C(CCCC3CC4(C(CCCO)C(=C(C)C(=O)Cc5cccc6c5CC(=O)NC6N)CCC4(C)O)C(O)C23)OCC#CCC(C)=CCC1NCC. The number of allylic oxidation sites excluding steroid dienone is 5. The summed E-state index contributed by atoms with van der Waals surface area (Å²) in [5.41, 5.74) is 11.3. The summed E-state index contributed by atoms with van der Waals surface area (Å²) in [6.07, 6.45) is 13.6. The molecule has 0 saturated heterocycles. The zero-order chi connectivity index (χ0) is 40.9. The number of ketones is 1. The molecule has 0 radical (unpaired) electrons. The third-order valence-corrected chi connectivity index (χ3v) is 13.9. The first kappa shape index (κ1) is 43.0. The molecule has 9 atom stereocenters. The highest BCUT2D eigenvalue weighted by molar-refractivity contribution is 5.97. The van der Waals surface area contributed by atoms with Gasteiger partial charge in [0.05, 0.1) is 24.2 Å². The molecule has 7 N–H and O–H groups in total. The van der Waals surface area contributed by atoms with Gasteiger partial charge >= 0.3 is 0 Å². The maximum Gasteiger partial charge on any atom is 0.225 e. The Hall–Kier alpha value is -3.62. The Morgan fingerprint density at radius 2 is 2.04 bits per heavy atom. The molecule has 9 nitrogen and oxygen atoms in total. The number of rotatable bonds is 8. The second-order valence-electron chi connectivity index (χ2n) is 17.4. The van der Waals surface area contributed by atoms with Gasteiger partial charge in [0.2, 0.25) is 5.91 Å². The van der Waals surface area contributed by atoms with Gasteiger partial charge in [0, 0.05) is 36.8 Å². The molecule has 3 saturated carbocycles. The second-order valence-corrected chi connectivity index (χ2v) is 17.4. The van der Waals surface area contributed by atoms with E-state index in [-0.39, 0.29) is 67.6 Å². The average Bonchev–Trinajstić information content (AvgIpc) is 3.35. The Balaban J connectivity index is 1.39. The van der Waals surface area contributed by atoms with E-state index in [9.17, 15) is 24.9 Å². The molecule has 308 valence electrons. The molecule has 2 heterocycles. The van der Waals surface area contributed by atoms with Crippen LogP contribution in [-0.2, 0) is 27.2 Å². The van der Waals surface area contributed by atoms with E-state index in [1.807, 2.05) is 32.0 Å². The van der Waals surface area contributed by atoms with Gasteiger partial charge in [-0.2, -0.15) is 0 Å². The van der Waals surface area contributed by atoms with Gasteiger partial charge in [-0.15, -0.1) is 0 Å². The van der Waals surface area contributed by atoms with Crippen LogP contribution in [0.15, 0.2) is 76.9 Å². The number of hydrogen-bond acceptors (Lipinski definition) is 8. The first-order valence-corrected chi connectivity index (χ1v) is 21.3. The maximum absolute atomic E-state index is 14.3. The molecule has 6 rings (SSSR count). The summed E-state index contributed by atoms with van der Waals surface area (Å²) < 4.78 is 6.58. The summed E-state index contributed by atoms with van der Waals surface area (Å²) in [6, 6.07) is 5.76. The van der Waals surface area contributed by atoms with Crippen LogP contribution in [0.2, 0.25) is 0 Å². The minimum atomic E-state index is -1.23. The number of amides is 1. The number of fused-ring (bicyclic) bond motifs is 4. The number of benzene rings is 1. The number of likely N-dealkylation sites (N-methyl/N-ethyl adjacent to an activating group) is 1. The number of aliphatic hydroxyl groups excluding tert-OH is 2. The normalized spacial score (nSPS) is 34.2. The summed E-state index contributed by atoms with van der Waals surface area (Å²) in [5, 5.41) is 42.2. The van der Waals surface area contributed by atoms with Crippen LogP contribution in [0.25, 0.3) is 0 Å². The number of nitrogens with one attached hydrogen (secondary N) is 2. The van der Waals surface area contributed by atoms with Crippen molar-refractivity contribution in [3.8, 4) is 11.8 Å². The standard InChI is InChI=1S/C48H65N3O6/c1-6-50-40-22-21-30(2)13-7-8-26-57-42-20-11-16-34-29-48(45(55)44(34)37(42)18-9-14-31(40)3)39(19-12-25-52)35(23-24-47(48,5)56)32(4)41(53)27-33-15-10-17-36-38(33)28-43(54)51-46(36)49/h9-10,14-15,17-18,21,34,39-40,42,44-46,50,52,55-56H,3,6,11-13,16,19-20,22-29,49H2,1-2,4-5H3,(H,51,54). The zero-order valence-corrected chi connectivity index (χ0v) is 34.5. The lowest BCUT2D eigenvalue weighted by molar-refractivity contribution is -0.168. The molecular formula is C48H65N3O6. The lowest BCUT2D eigenvalue weighted by Gasteiger charge is -2.56. The molecule has 0 aromatic heterocycles. The van der Waals surface area contributed by atoms with Gasteiger partial charge in [0.15, 0.2) is 5.78 Å². The van der Waals surface area contributed by atoms with Gasteiger partial charge in [0.25, 0.3) is 0 Å². The smallest absolute Gasteiger partial charge is 0.225 e. The van der Waals surface area contributed by atoms with Crippen molar-refractivity contribution in [3.63, 3.8) is 0 Å². The first-order valence-electron chi connectivity index (χ1n) is 21.3. The van der Waals surface area contributed by atoms with E-state index in [4.69, 9.17) is 10.5 Å². The molecule has 1 spiro atoms. The van der Waals surface area contributed by atoms with Crippen LogP contribution in [0.3, 0.4) is 0 Å². The van der Waals surface area contributed by atoms with E-state index in [1.54, 1.807) is 0 Å². The van der Waals surface area contributed by atoms with E-state index in [0.29, 0.717) is 44.1 Å². The van der Waals surface area contributed by atoms with Gasteiger partial charge in [-0.05, 0) is 124 Å². The summed E-state index contributed by atoms with van der Waals surface area (Å²) >= 11 is 0. The van der Waals surface area contributed by atoms with Crippen molar-refractivity contribution in [1.29, 1.82) is 0 Å². The van der Waals surface area contributed by atoms with Crippen molar-refractivity contribution in [3.05, 3.63) is 93.6 Å². The molecule has 1 amide bonds. The van der Waals surface area contributed by atoms with E-state index in [0.717, 1.165) is 65.6 Å². The predicted molar refractivity (Wildman–Crippen MR) is 225 cm³/mol. The van der Waals surface area contributed by atoms with Crippen molar-refractivity contribution in [1.82, 2.24) is 10.6 Å². The lowest BCUT2D eigenvalue weighted by atomic mass is 9.52. The Morgan fingerprint density at radius 1 is 1.23 bits per heavy atom. The molecule has 5 aliphatic rings. The molecule has 9 unspecified atom stereocenters. The second kappa shape index (κ2) is 18.5. The van der Waals surface area contributed by atoms with Crippen molar-refractivity contribution < 1.29 is 29.6 Å². The van der Waals surface area contributed by atoms with Gasteiger partial charge in [-0.25, -0.2) is 0 Å². The van der Waals surface area contributed by atoms with E-state index >= 15 is 0 Å². The topological polar surface area (TPSA) is 154 Å². The lowest BCUT2D eigenvalue weighted by Crippen LogP contribution is -2.59.